The summed E-state index contributed by atoms with van der Waals surface area (Å²) in [6, 6.07) is 0. The minimum absolute atomic E-state index is 0.00212. The molecule has 1 amide bonds. The second kappa shape index (κ2) is 9.92. The Labute approximate surface area is 267 Å². The van der Waals surface area contributed by atoms with Gasteiger partial charge >= 0.3 is 0 Å². The van der Waals surface area contributed by atoms with E-state index in [2.05, 4.69) is 46.9 Å². The van der Waals surface area contributed by atoms with Gasteiger partial charge in [-0.1, -0.05) is 18.2 Å². The smallest absolute Gasteiger partial charge is 0.297 e. The molecule has 10 heteroatoms. The number of amides is 1. The number of hydrogen-bond donors (Lipinski definition) is 0. The number of carbonyl (C=O) groups excluding carboxylic acids is 2. The lowest BCUT2D eigenvalue weighted by molar-refractivity contribution is -0.201. The second-order valence-electron chi connectivity index (χ2n) is 13.6. The quantitative estimate of drug-likeness (QED) is 0.376. The number of ketones is 1. The summed E-state index contributed by atoms with van der Waals surface area (Å²) in [5.41, 5.74) is 5.83. The van der Waals surface area contributed by atoms with Crippen molar-refractivity contribution in [3.8, 4) is 0 Å². The van der Waals surface area contributed by atoms with Gasteiger partial charge in [0.2, 0.25) is 0 Å². The molecule has 10 nitrogen and oxygen atoms in total. The number of hydrogen-bond acceptors (Lipinski definition) is 7. The van der Waals surface area contributed by atoms with Gasteiger partial charge in [0.15, 0.2) is 22.8 Å². The van der Waals surface area contributed by atoms with Gasteiger partial charge in [0.05, 0.1) is 36.8 Å². The van der Waals surface area contributed by atoms with E-state index in [1.165, 1.54) is 0 Å². The van der Waals surface area contributed by atoms with Crippen molar-refractivity contribution < 1.29 is 28.5 Å². The predicted octanol–water partition coefficient (Wildman–Crippen LogP) is 3.22. The van der Waals surface area contributed by atoms with E-state index < -0.39 is 17.9 Å². The third-order valence-corrected chi connectivity index (χ3v) is 11.1. The number of ether oxygens (including phenoxy) is 4. The maximum absolute atomic E-state index is 14.9. The molecule has 5 atom stereocenters. The molecule has 6 heterocycles. The third kappa shape index (κ3) is 3.51. The van der Waals surface area contributed by atoms with Crippen molar-refractivity contribution in [3.63, 3.8) is 0 Å². The van der Waals surface area contributed by atoms with Crippen LogP contribution >= 0.6 is 0 Å². The lowest BCUT2D eigenvalue weighted by atomic mass is 9.90. The molecule has 2 fully saturated rings. The van der Waals surface area contributed by atoms with Gasteiger partial charge < -0.3 is 23.5 Å². The fourth-order valence-electron chi connectivity index (χ4n) is 9.28. The lowest BCUT2D eigenvalue weighted by Crippen LogP contribution is -2.72. The van der Waals surface area contributed by atoms with Crippen LogP contribution in [-0.4, -0.2) is 85.0 Å². The number of likely N-dealkylation sites (N-methyl/N-ethyl adjacent to an activating group) is 1. The number of carbonyl (C=O) groups is 2. The maximum atomic E-state index is 14.9. The van der Waals surface area contributed by atoms with E-state index in [-0.39, 0.29) is 28.5 Å². The zero-order valence-corrected chi connectivity index (χ0v) is 26.7. The minimum Gasteiger partial charge on any atom is -0.381 e. The average molecular weight is 624 g/mol. The van der Waals surface area contributed by atoms with Gasteiger partial charge in [0, 0.05) is 72.8 Å². The highest BCUT2D eigenvalue weighted by atomic mass is 16.6. The highest BCUT2D eigenvalue weighted by Gasteiger charge is 2.67. The number of methoxy groups -OCH3 is 1. The first-order valence-electron chi connectivity index (χ1n) is 16.5. The molecule has 5 aliphatic heterocycles. The van der Waals surface area contributed by atoms with Gasteiger partial charge in [-0.3, -0.25) is 14.6 Å². The third-order valence-electron chi connectivity index (χ3n) is 11.1. The monoisotopic (exact) mass is 623 g/mol. The van der Waals surface area contributed by atoms with E-state index in [0.29, 0.717) is 39.0 Å². The minimum atomic E-state index is -0.920. The summed E-state index contributed by atoms with van der Waals surface area (Å²) >= 11 is 0. The number of aromatic nitrogens is 1. The number of rotatable bonds is 5. The Morgan fingerprint density at radius 2 is 2.09 bits per heavy atom. The van der Waals surface area contributed by atoms with Crippen LogP contribution in [0.4, 0.5) is 5.69 Å². The van der Waals surface area contributed by atoms with Crippen LogP contribution in [0.3, 0.4) is 0 Å². The zero-order chi connectivity index (χ0) is 31.5. The van der Waals surface area contributed by atoms with Crippen LogP contribution in [0.2, 0.25) is 0 Å². The fourth-order valence-corrected chi connectivity index (χ4v) is 9.28. The van der Waals surface area contributed by atoms with Crippen LogP contribution in [0.5, 0.6) is 0 Å². The Morgan fingerprint density at radius 1 is 1.26 bits per heavy atom. The van der Waals surface area contributed by atoms with Crippen molar-refractivity contribution in [1.29, 1.82) is 0 Å². The van der Waals surface area contributed by atoms with Crippen molar-refractivity contribution in [2.75, 3.05) is 27.4 Å². The van der Waals surface area contributed by atoms with E-state index in [1.807, 2.05) is 31.4 Å². The first-order valence-corrected chi connectivity index (χ1v) is 16.5. The number of Topliss-reactive ketones (excluding diaryl/α,β-unsaturated/α-hetero) is 1. The van der Waals surface area contributed by atoms with Crippen LogP contribution < -0.4 is 15.2 Å². The Morgan fingerprint density at radius 3 is 2.89 bits per heavy atom. The first-order chi connectivity index (χ1) is 22.3. The molecule has 238 valence electrons. The van der Waals surface area contributed by atoms with Gasteiger partial charge in [-0.2, -0.15) is 5.01 Å². The van der Waals surface area contributed by atoms with E-state index in [1.54, 1.807) is 7.11 Å². The Balaban J connectivity index is 1.40. The summed E-state index contributed by atoms with van der Waals surface area (Å²) in [5.74, 6) is -0.00609. The predicted molar refractivity (Wildman–Crippen MR) is 174 cm³/mol. The molecule has 9 rings (SSSR count). The topological polar surface area (TPSA) is 91.6 Å². The van der Waals surface area contributed by atoms with E-state index in [9.17, 15) is 9.59 Å². The summed E-state index contributed by atoms with van der Waals surface area (Å²) in [4.78, 5) is 33.3. The molecule has 4 bridgehead atoms. The average Bonchev–Trinajstić information content (AvgIpc) is 3.73. The Bertz CT molecular complexity index is 2000. The largest absolute Gasteiger partial charge is 0.381 e. The molecule has 2 aliphatic carbocycles. The molecule has 1 unspecified atom stereocenters. The van der Waals surface area contributed by atoms with Gasteiger partial charge in [-0.25, -0.2) is 0 Å². The normalized spacial score (nSPS) is 31.6. The molecule has 2 saturated heterocycles. The number of nitrogens with zero attached hydrogens (tertiary/aromatic N) is 4. The van der Waals surface area contributed by atoms with E-state index in [4.69, 9.17) is 18.9 Å². The van der Waals surface area contributed by atoms with Crippen LogP contribution in [-0.2, 0) is 30.3 Å². The highest BCUT2D eigenvalue weighted by molar-refractivity contribution is 6.18. The van der Waals surface area contributed by atoms with Gasteiger partial charge in [0.25, 0.3) is 12.1 Å². The first kappa shape index (κ1) is 28.5. The molecule has 46 heavy (non-hydrogen) atoms. The van der Waals surface area contributed by atoms with Gasteiger partial charge in [0.1, 0.15) is 11.6 Å². The number of benzene rings is 1. The summed E-state index contributed by atoms with van der Waals surface area (Å²) in [6.45, 7) is 5.72. The molecule has 0 spiro atoms. The van der Waals surface area contributed by atoms with Crippen LogP contribution in [0.15, 0.2) is 35.0 Å². The summed E-state index contributed by atoms with van der Waals surface area (Å²) in [6.07, 6.45) is 16.2. The second-order valence-corrected chi connectivity index (χ2v) is 13.6. The molecule has 0 saturated carbocycles. The van der Waals surface area contributed by atoms with Crippen molar-refractivity contribution in [2.45, 2.75) is 82.6 Å². The number of quaternary nitrogens is 1. The molecular weight excluding hydrogens is 584 g/mol. The van der Waals surface area contributed by atoms with E-state index in [0.717, 1.165) is 68.0 Å². The van der Waals surface area contributed by atoms with E-state index >= 15 is 0 Å². The molecular formula is C36H39N4O6+. The van der Waals surface area contributed by atoms with Crippen molar-refractivity contribution in [2.24, 2.45) is 4.99 Å². The van der Waals surface area contributed by atoms with Gasteiger partial charge in [-0.15, -0.1) is 4.59 Å². The number of fused-ring (bicyclic) bond motifs is 9. The Kier molecular flexibility index (Phi) is 6.15. The molecule has 0 N–H and O–H groups in total. The standard InChI is InChI=1S/C36H39N4O6/c1-20(45-21-11-15-44-16-12-21)34(42)38(3)40-27-17-22-9-10-23(27)29-24-18-37-19-25(24)30-31-26(7-5-8-28(31)41)39(32(30)33(29)40)14-6-13-36(2,46-22)35(40)43-4/h6-7,9-10,13,18-22,35H,5,8,11-12,14-17H2,1-4H3/q+1/b13-6-/t20?,22-,35-,36+,40-/m0/s1. The van der Waals surface area contributed by atoms with Crippen molar-refractivity contribution in [3.05, 3.63) is 57.3 Å². The molecule has 1 aromatic heterocycles. The molecule has 1 aromatic carbocycles. The lowest BCUT2D eigenvalue weighted by Gasteiger charge is -2.49. The molecule has 7 aliphatic rings. The van der Waals surface area contributed by atoms with Gasteiger partial charge in [-0.05, 0) is 45.3 Å². The maximum Gasteiger partial charge on any atom is 0.297 e. The number of allylic oxidation sites excluding steroid dienone is 3. The van der Waals surface area contributed by atoms with Crippen LogP contribution in [0, 0.1) is 0 Å². The van der Waals surface area contributed by atoms with Crippen LogP contribution in [0.1, 0.15) is 67.4 Å². The summed E-state index contributed by atoms with van der Waals surface area (Å²) in [7, 11) is 3.59. The molecule has 2 aromatic rings. The van der Waals surface area contributed by atoms with Crippen LogP contribution in [0.25, 0.3) is 28.8 Å². The van der Waals surface area contributed by atoms with Crippen molar-refractivity contribution >= 4 is 52.3 Å². The SMILES string of the molecule is CO[C@H]1[C@@]2(C)/C=C\Cn3c4c(c5c6c(c7c(c53)[N@@+]1(N(C)C(=O)C(C)OC1CCOCC1)C1=C7C=C[C@@H](C1)O2)C=NC=6)C(=O)CCC=4. The molecule has 0 radical (unpaired) electrons. The highest BCUT2D eigenvalue weighted by Crippen LogP contribution is 2.59. The fraction of sp³-hybridized carbons (Fsp3) is 0.472. The van der Waals surface area contributed by atoms with Crippen molar-refractivity contribution in [1.82, 2.24) is 14.2 Å². The summed E-state index contributed by atoms with van der Waals surface area (Å²) in [5, 5.41) is 4.65. The summed E-state index contributed by atoms with van der Waals surface area (Å²) < 4.78 is 27.8. The zero-order valence-electron chi connectivity index (χ0n) is 26.7. The Hall–Kier alpha value is -3.67. The number of aliphatic imine (C=N–C) groups is 1.